The molecule has 0 spiro atoms. The van der Waals surface area contributed by atoms with Gasteiger partial charge in [0, 0.05) is 6.54 Å². The van der Waals surface area contributed by atoms with E-state index in [9.17, 15) is 0 Å². The van der Waals surface area contributed by atoms with Crippen molar-refractivity contribution in [2.45, 2.75) is 25.7 Å². The maximum absolute atomic E-state index is 9.08. The summed E-state index contributed by atoms with van der Waals surface area (Å²) in [5.41, 5.74) is 1.49. The van der Waals surface area contributed by atoms with Crippen LogP contribution in [0.15, 0.2) is 18.2 Å². The number of hydrogen-bond acceptors (Lipinski definition) is 3. The second kappa shape index (κ2) is 5.58. The Morgan fingerprint density at radius 1 is 1.41 bits per heavy atom. The van der Waals surface area contributed by atoms with Crippen LogP contribution in [0.25, 0.3) is 0 Å². The van der Waals surface area contributed by atoms with Crippen molar-refractivity contribution < 1.29 is 4.74 Å². The van der Waals surface area contributed by atoms with Crippen LogP contribution in [0, 0.1) is 17.2 Å². The van der Waals surface area contributed by atoms with Crippen LogP contribution in [-0.2, 0) is 0 Å². The highest BCUT2D eigenvalue weighted by Crippen LogP contribution is 2.30. The van der Waals surface area contributed by atoms with Gasteiger partial charge in [-0.1, -0.05) is 18.9 Å². The first-order valence-corrected chi connectivity index (χ1v) is 6.16. The Morgan fingerprint density at radius 3 is 2.82 bits per heavy atom. The largest absolute Gasteiger partial charge is 0.495 e. The molecule has 0 aliphatic heterocycles. The fourth-order valence-corrected chi connectivity index (χ4v) is 2.44. The van der Waals surface area contributed by atoms with E-state index in [-0.39, 0.29) is 0 Å². The van der Waals surface area contributed by atoms with Crippen LogP contribution in [0.2, 0.25) is 0 Å². The predicted molar refractivity (Wildman–Crippen MR) is 68.2 cm³/mol. The van der Waals surface area contributed by atoms with Crippen LogP contribution in [0.4, 0.5) is 5.69 Å². The molecule has 0 atom stereocenters. The molecule has 1 aromatic rings. The van der Waals surface area contributed by atoms with Crippen LogP contribution in [0.5, 0.6) is 5.75 Å². The summed E-state index contributed by atoms with van der Waals surface area (Å²) >= 11 is 0. The zero-order chi connectivity index (χ0) is 12.1. The molecule has 0 aromatic heterocycles. The van der Waals surface area contributed by atoms with Gasteiger partial charge in [-0.3, -0.25) is 0 Å². The lowest BCUT2D eigenvalue weighted by Gasteiger charge is -2.15. The lowest BCUT2D eigenvalue weighted by Crippen LogP contribution is -2.12. The van der Waals surface area contributed by atoms with E-state index >= 15 is 0 Å². The summed E-state index contributed by atoms with van der Waals surface area (Å²) in [5, 5.41) is 12.5. The van der Waals surface area contributed by atoms with E-state index in [1.54, 1.807) is 7.11 Å². The smallest absolute Gasteiger partial charge is 0.143 e. The third-order valence-electron chi connectivity index (χ3n) is 3.41. The van der Waals surface area contributed by atoms with E-state index in [4.69, 9.17) is 10.00 Å². The summed E-state index contributed by atoms with van der Waals surface area (Å²) in [6, 6.07) is 7.75. The van der Waals surface area contributed by atoms with Gasteiger partial charge in [-0.2, -0.15) is 5.26 Å². The fraction of sp³-hybridized carbons (Fsp3) is 0.500. The monoisotopic (exact) mass is 230 g/mol. The average Bonchev–Trinajstić information content (AvgIpc) is 2.88. The Bertz CT molecular complexity index is 417. The van der Waals surface area contributed by atoms with E-state index in [1.165, 1.54) is 25.7 Å². The lowest BCUT2D eigenvalue weighted by atomic mass is 10.1. The van der Waals surface area contributed by atoms with Gasteiger partial charge >= 0.3 is 0 Å². The molecule has 17 heavy (non-hydrogen) atoms. The molecule has 0 amide bonds. The van der Waals surface area contributed by atoms with Crippen molar-refractivity contribution in [2.75, 3.05) is 19.0 Å². The molecule has 3 heteroatoms. The van der Waals surface area contributed by atoms with Crippen molar-refractivity contribution in [3.63, 3.8) is 0 Å². The van der Waals surface area contributed by atoms with Gasteiger partial charge in [0.05, 0.1) is 18.4 Å². The van der Waals surface area contributed by atoms with Gasteiger partial charge in [0.1, 0.15) is 11.8 Å². The maximum atomic E-state index is 9.08. The molecule has 0 bridgehead atoms. The van der Waals surface area contributed by atoms with Crippen LogP contribution >= 0.6 is 0 Å². The van der Waals surface area contributed by atoms with E-state index in [0.717, 1.165) is 23.9 Å². The first-order chi connectivity index (χ1) is 8.35. The number of nitriles is 1. The van der Waals surface area contributed by atoms with Crippen molar-refractivity contribution in [1.82, 2.24) is 0 Å². The Labute approximate surface area is 102 Å². The van der Waals surface area contributed by atoms with Crippen molar-refractivity contribution in [3.8, 4) is 11.8 Å². The minimum Gasteiger partial charge on any atom is -0.495 e. The molecule has 0 unspecified atom stereocenters. The molecule has 1 aliphatic carbocycles. The second-order valence-corrected chi connectivity index (χ2v) is 4.53. The Morgan fingerprint density at radius 2 is 2.18 bits per heavy atom. The first-order valence-electron chi connectivity index (χ1n) is 6.16. The molecular formula is C14H18N2O. The minimum absolute atomic E-state index is 0.655. The molecular weight excluding hydrogens is 212 g/mol. The van der Waals surface area contributed by atoms with Crippen LogP contribution < -0.4 is 10.1 Å². The highest BCUT2D eigenvalue weighted by atomic mass is 16.5. The molecule has 0 heterocycles. The number of benzene rings is 1. The standard InChI is InChI=1S/C14H18N2O/c1-17-13-8-4-7-12(9-15)14(13)16-10-11-5-2-3-6-11/h4,7-8,11,16H,2-3,5-6,10H2,1H3. The molecule has 1 fully saturated rings. The summed E-state index contributed by atoms with van der Waals surface area (Å²) in [7, 11) is 1.64. The van der Waals surface area contributed by atoms with E-state index in [2.05, 4.69) is 11.4 Å². The van der Waals surface area contributed by atoms with Gasteiger partial charge in [0.15, 0.2) is 0 Å². The molecule has 1 aliphatic rings. The number of anilines is 1. The number of rotatable bonds is 4. The van der Waals surface area contributed by atoms with Crippen LogP contribution in [0.1, 0.15) is 31.2 Å². The molecule has 2 rings (SSSR count). The summed E-state index contributed by atoms with van der Waals surface area (Å²) in [4.78, 5) is 0. The predicted octanol–water partition coefficient (Wildman–Crippen LogP) is 3.17. The Kier molecular flexibility index (Phi) is 3.87. The van der Waals surface area contributed by atoms with Gasteiger partial charge in [0.25, 0.3) is 0 Å². The summed E-state index contributed by atoms with van der Waals surface area (Å²) < 4.78 is 5.29. The lowest BCUT2D eigenvalue weighted by molar-refractivity contribution is 0.416. The molecule has 90 valence electrons. The molecule has 1 aromatic carbocycles. The number of nitrogens with one attached hydrogen (secondary N) is 1. The topological polar surface area (TPSA) is 45.0 Å². The van der Waals surface area contributed by atoms with Gasteiger partial charge in [0.2, 0.25) is 0 Å². The number of nitrogens with zero attached hydrogens (tertiary/aromatic N) is 1. The van der Waals surface area contributed by atoms with Gasteiger partial charge in [-0.05, 0) is 30.9 Å². The SMILES string of the molecule is COc1cccc(C#N)c1NCC1CCCC1. The van der Waals surface area contributed by atoms with Crippen molar-refractivity contribution in [3.05, 3.63) is 23.8 Å². The summed E-state index contributed by atoms with van der Waals surface area (Å²) in [6.07, 6.45) is 5.26. The van der Waals surface area contributed by atoms with Crippen LogP contribution in [-0.4, -0.2) is 13.7 Å². The second-order valence-electron chi connectivity index (χ2n) is 4.53. The Balaban J connectivity index is 2.10. The summed E-state index contributed by atoms with van der Waals surface area (Å²) in [6.45, 7) is 0.940. The van der Waals surface area contributed by atoms with E-state index in [1.807, 2.05) is 18.2 Å². The molecule has 1 N–H and O–H groups in total. The highest BCUT2D eigenvalue weighted by Gasteiger charge is 2.16. The molecule has 0 saturated heterocycles. The third kappa shape index (κ3) is 2.71. The van der Waals surface area contributed by atoms with Crippen LogP contribution in [0.3, 0.4) is 0 Å². The normalized spacial score (nSPS) is 15.5. The van der Waals surface area contributed by atoms with E-state index < -0.39 is 0 Å². The summed E-state index contributed by atoms with van der Waals surface area (Å²) in [5.74, 6) is 1.49. The number of ether oxygens (including phenoxy) is 1. The Hall–Kier alpha value is -1.69. The maximum Gasteiger partial charge on any atom is 0.143 e. The van der Waals surface area contributed by atoms with Crippen molar-refractivity contribution in [1.29, 1.82) is 5.26 Å². The van der Waals surface area contributed by atoms with Gasteiger partial charge in [-0.15, -0.1) is 0 Å². The zero-order valence-electron chi connectivity index (χ0n) is 10.2. The molecule has 3 nitrogen and oxygen atoms in total. The molecule has 1 saturated carbocycles. The van der Waals surface area contributed by atoms with Crippen molar-refractivity contribution in [2.24, 2.45) is 5.92 Å². The van der Waals surface area contributed by atoms with Gasteiger partial charge in [-0.25, -0.2) is 0 Å². The number of hydrogen-bond donors (Lipinski definition) is 1. The highest BCUT2D eigenvalue weighted by molar-refractivity contribution is 5.66. The minimum atomic E-state index is 0.655. The zero-order valence-corrected chi connectivity index (χ0v) is 10.2. The average molecular weight is 230 g/mol. The first kappa shape index (κ1) is 11.8. The number of methoxy groups -OCH3 is 1. The fourth-order valence-electron chi connectivity index (χ4n) is 2.44. The van der Waals surface area contributed by atoms with Crippen molar-refractivity contribution >= 4 is 5.69 Å². The van der Waals surface area contributed by atoms with Gasteiger partial charge < -0.3 is 10.1 Å². The van der Waals surface area contributed by atoms with E-state index in [0.29, 0.717) is 5.56 Å². The third-order valence-corrected chi connectivity index (χ3v) is 3.41. The number of para-hydroxylation sites is 1. The quantitative estimate of drug-likeness (QED) is 0.864. The molecule has 0 radical (unpaired) electrons.